The number of amides is 1. The van der Waals surface area contributed by atoms with Gasteiger partial charge in [-0.1, -0.05) is 24.3 Å². The summed E-state index contributed by atoms with van der Waals surface area (Å²) in [5, 5.41) is 3.44. The zero-order chi connectivity index (χ0) is 17.1. The summed E-state index contributed by atoms with van der Waals surface area (Å²) in [6, 6.07) is 8.40. The molecule has 1 aromatic carbocycles. The van der Waals surface area contributed by atoms with E-state index in [-0.39, 0.29) is 30.9 Å². The van der Waals surface area contributed by atoms with Crippen molar-refractivity contribution in [1.29, 1.82) is 0 Å². The van der Waals surface area contributed by atoms with Crippen LogP contribution in [0.3, 0.4) is 0 Å². The molecular weight excluding hydrogens is 385 g/mol. The van der Waals surface area contributed by atoms with E-state index in [0.717, 1.165) is 71.1 Å². The van der Waals surface area contributed by atoms with Crippen LogP contribution in [0.25, 0.3) is 0 Å². The highest BCUT2D eigenvalue weighted by Gasteiger charge is 2.31. The van der Waals surface area contributed by atoms with E-state index < -0.39 is 0 Å². The quantitative estimate of drug-likeness (QED) is 0.820. The van der Waals surface area contributed by atoms with Crippen LogP contribution in [0, 0.1) is 5.92 Å². The first-order chi connectivity index (χ1) is 12.3. The molecule has 0 radical (unpaired) electrons. The molecule has 4 rings (SSSR count). The smallest absolute Gasteiger partial charge is 0.240 e. The third-order valence-corrected chi connectivity index (χ3v) is 5.93. The average Bonchev–Trinajstić information content (AvgIpc) is 2.68. The molecule has 3 heterocycles. The Labute approximate surface area is 174 Å². The Morgan fingerprint density at radius 2 is 1.70 bits per heavy atom. The summed E-state index contributed by atoms with van der Waals surface area (Å²) in [6.45, 7) is 7.65. The molecule has 0 spiro atoms. The van der Waals surface area contributed by atoms with Gasteiger partial charge in [0, 0.05) is 39.3 Å². The second-order valence-corrected chi connectivity index (χ2v) is 7.59. The summed E-state index contributed by atoms with van der Waals surface area (Å²) in [5.74, 6) is 1.02. The number of hydrogen-bond acceptors (Lipinski definition) is 4. The third-order valence-electron chi connectivity index (χ3n) is 5.93. The Bertz CT molecular complexity index is 603. The number of likely N-dealkylation sites (tertiary alicyclic amines) is 1. The molecule has 0 bridgehead atoms. The van der Waals surface area contributed by atoms with Gasteiger partial charge in [-0.2, -0.15) is 0 Å². The monoisotopic (exact) mass is 415 g/mol. The highest BCUT2D eigenvalue weighted by Crippen LogP contribution is 2.22. The van der Waals surface area contributed by atoms with Crippen molar-refractivity contribution in [2.24, 2.45) is 5.92 Å². The van der Waals surface area contributed by atoms with Crippen LogP contribution in [0.4, 0.5) is 0 Å². The van der Waals surface area contributed by atoms with Crippen LogP contribution in [0.2, 0.25) is 0 Å². The Hall–Kier alpha value is -0.850. The molecule has 1 atom stereocenters. The summed E-state index contributed by atoms with van der Waals surface area (Å²) < 4.78 is 5.43. The number of halogens is 2. The molecule has 0 aromatic heterocycles. The molecule has 152 valence electrons. The maximum absolute atomic E-state index is 12.9. The first-order valence-electron chi connectivity index (χ1n) is 9.68. The van der Waals surface area contributed by atoms with E-state index in [4.69, 9.17) is 4.74 Å². The number of carbonyl (C=O) groups excluding carboxylic acids is 1. The van der Waals surface area contributed by atoms with Crippen molar-refractivity contribution in [1.82, 2.24) is 15.1 Å². The van der Waals surface area contributed by atoms with E-state index in [1.54, 1.807) is 0 Å². The fourth-order valence-corrected chi connectivity index (χ4v) is 4.33. The van der Waals surface area contributed by atoms with Gasteiger partial charge < -0.3 is 15.0 Å². The number of piperidine rings is 1. The van der Waals surface area contributed by atoms with Crippen molar-refractivity contribution in [2.75, 3.05) is 45.9 Å². The van der Waals surface area contributed by atoms with Gasteiger partial charge in [-0.25, -0.2) is 0 Å². The van der Waals surface area contributed by atoms with Gasteiger partial charge in [0.15, 0.2) is 0 Å². The molecule has 1 amide bonds. The minimum Gasteiger partial charge on any atom is -0.379 e. The molecule has 1 N–H and O–H groups in total. The lowest BCUT2D eigenvalue weighted by Gasteiger charge is -2.38. The zero-order valence-corrected chi connectivity index (χ0v) is 17.4. The van der Waals surface area contributed by atoms with Crippen molar-refractivity contribution in [3.8, 4) is 0 Å². The van der Waals surface area contributed by atoms with Crippen molar-refractivity contribution >= 4 is 30.7 Å². The van der Waals surface area contributed by atoms with Gasteiger partial charge in [-0.15, -0.1) is 24.8 Å². The fraction of sp³-hybridized carbons (Fsp3) is 0.650. The summed E-state index contributed by atoms with van der Waals surface area (Å²) in [5.41, 5.74) is 2.65. The predicted molar refractivity (Wildman–Crippen MR) is 112 cm³/mol. The molecule has 7 heteroatoms. The van der Waals surface area contributed by atoms with Gasteiger partial charge in [0.1, 0.15) is 0 Å². The maximum atomic E-state index is 12.9. The lowest BCUT2D eigenvalue weighted by atomic mass is 9.93. The Kier molecular flexibility index (Phi) is 8.83. The van der Waals surface area contributed by atoms with Crippen LogP contribution < -0.4 is 5.32 Å². The molecule has 27 heavy (non-hydrogen) atoms. The van der Waals surface area contributed by atoms with Crippen LogP contribution in [0.15, 0.2) is 24.3 Å². The van der Waals surface area contributed by atoms with E-state index >= 15 is 0 Å². The van der Waals surface area contributed by atoms with Gasteiger partial charge in [0.2, 0.25) is 5.91 Å². The summed E-state index contributed by atoms with van der Waals surface area (Å²) in [6.07, 6.45) is 3.08. The lowest BCUT2D eigenvalue weighted by Crippen LogP contribution is -2.52. The number of hydrogen-bond donors (Lipinski definition) is 1. The van der Waals surface area contributed by atoms with Gasteiger partial charge in [-0.3, -0.25) is 9.69 Å². The van der Waals surface area contributed by atoms with Gasteiger partial charge >= 0.3 is 0 Å². The highest BCUT2D eigenvalue weighted by molar-refractivity contribution is 5.85. The van der Waals surface area contributed by atoms with E-state index in [1.807, 2.05) is 0 Å². The summed E-state index contributed by atoms with van der Waals surface area (Å²) >= 11 is 0. The average molecular weight is 416 g/mol. The van der Waals surface area contributed by atoms with Crippen molar-refractivity contribution in [2.45, 2.75) is 31.8 Å². The van der Waals surface area contributed by atoms with E-state index in [1.165, 1.54) is 17.7 Å². The van der Waals surface area contributed by atoms with Gasteiger partial charge in [-0.05, 0) is 36.3 Å². The highest BCUT2D eigenvalue weighted by atomic mass is 35.5. The molecule has 2 fully saturated rings. The van der Waals surface area contributed by atoms with Crippen molar-refractivity contribution < 1.29 is 9.53 Å². The van der Waals surface area contributed by atoms with E-state index in [9.17, 15) is 4.79 Å². The largest absolute Gasteiger partial charge is 0.379 e. The van der Waals surface area contributed by atoms with Crippen LogP contribution in [0.1, 0.15) is 24.0 Å². The third kappa shape index (κ3) is 5.58. The normalized spacial score (nSPS) is 23.7. The standard InChI is InChI=1S/C20H29N3O2.2ClH/c24-20(19-13-17-3-1-2-4-18(17)14-21-19)23-7-5-16(6-8-23)15-22-9-11-25-12-10-22;;/h1-4,16,19,21H,5-15H2;2*1H. The van der Waals surface area contributed by atoms with Crippen molar-refractivity contribution in [3.63, 3.8) is 0 Å². The molecule has 1 unspecified atom stereocenters. The number of fused-ring (bicyclic) bond motifs is 1. The van der Waals surface area contributed by atoms with Crippen molar-refractivity contribution in [3.05, 3.63) is 35.4 Å². The number of ether oxygens (including phenoxy) is 1. The second kappa shape index (κ2) is 10.6. The Morgan fingerprint density at radius 1 is 1.04 bits per heavy atom. The maximum Gasteiger partial charge on any atom is 0.240 e. The molecule has 0 saturated carbocycles. The number of nitrogens with one attached hydrogen (secondary N) is 1. The first kappa shape index (κ1) is 22.4. The number of nitrogens with zero attached hydrogens (tertiary/aromatic N) is 2. The zero-order valence-electron chi connectivity index (χ0n) is 15.8. The predicted octanol–water partition coefficient (Wildman–Crippen LogP) is 2.12. The second-order valence-electron chi connectivity index (χ2n) is 7.59. The number of carbonyl (C=O) groups is 1. The molecule has 3 aliphatic rings. The van der Waals surface area contributed by atoms with Crippen LogP contribution >= 0.6 is 24.8 Å². The van der Waals surface area contributed by atoms with Crippen LogP contribution in [-0.2, 0) is 22.5 Å². The fourth-order valence-electron chi connectivity index (χ4n) is 4.33. The number of benzene rings is 1. The van der Waals surface area contributed by atoms with Gasteiger partial charge in [0.05, 0.1) is 19.3 Å². The van der Waals surface area contributed by atoms with E-state index in [0.29, 0.717) is 5.91 Å². The lowest BCUT2D eigenvalue weighted by molar-refractivity contribution is -0.135. The minimum atomic E-state index is -0.0503. The molecule has 0 aliphatic carbocycles. The number of morpholine rings is 1. The van der Waals surface area contributed by atoms with E-state index in [2.05, 4.69) is 39.4 Å². The Balaban J connectivity index is 0.00000131. The molecule has 3 aliphatic heterocycles. The number of rotatable bonds is 3. The summed E-state index contributed by atoms with van der Waals surface area (Å²) in [7, 11) is 0. The van der Waals surface area contributed by atoms with Gasteiger partial charge in [0.25, 0.3) is 0 Å². The minimum absolute atomic E-state index is 0. The molecule has 2 saturated heterocycles. The van der Waals surface area contributed by atoms with Crippen LogP contribution in [-0.4, -0.2) is 67.7 Å². The SMILES string of the molecule is Cl.Cl.O=C(C1Cc2ccccc2CN1)N1CCC(CN2CCOCC2)CC1. The summed E-state index contributed by atoms with van der Waals surface area (Å²) in [4.78, 5) is 17.5. The molecule has 1 aromatic rings. The topological polar surface area (TPSA) is 44.8 Å². The molecular formula is C20H31Cl2N3O2. The molecule has 5 nitrogen and oxygen atoms in total. The van der Waals surface area contributed by atoms with Crippen LogP contribution in [0.5, 0.6) is 0 Å². The Morgan fingerprint density at radius 3 is 2.41 bits per heavy atom. The first-order valence-corrected chi connectivity index (χ1v) is 9.68.